The van der Waals surface area contributed by atoms with Crippen molar-refractivity contribution in [1.29, 1.82) is 0 Å². The van der Waals surface area contributed by atoms with Crippen LogP contribution in [-0.4, -0.2) is 43.6 Å². The first kappa shape index (κ1) is 13.9. The van der Waals surface area contributed by atoms with Gasteiger partial charge in [-0.3, -0.25) is 4.79 Å². The summed E-state index contributed by atoms with van der Waals surface area (Å²) < 4.78 is 5.29. The molecule has 2 heterocycles. The Hall–Kier alpha value is -1.07. The Balaban J connectivity index is 1.71. The van der Waals surface area contributed by atoms with Gasteiger partial charge in [0.15, 0.2) is 0 Å². The molecule has 0 spiro atoms. The summed E-state index contributed by atoms with van der Waals surface area (Å²) >= 11 is 1.48. The summed E-state index contributed by atoms with van der Waals surface area (Å²) in [6.07, 6.45) is 4.93. The second-order valence-electron chi connectivity index (χ2n) is 5.76. The first-order valence-corrected chi connectivity index (χ1v) is 8.30. The SMILES string of the molecule is COc1ccsc1C(=O)N(CC1CC1)CC1CCCN1. The number of rotatable bonds is 6. The van der Waals surface area contributed by atoms with Gasteiger partial charge in [0.1, 0.15) is 10.6 Å². The molecule has 110 valence electrons. The molecule has 0 bridgehead atoms. The average Bonchev–Trinajstić information content (AvgIpc) is 2.95. The van der Waals surface area contributed by atoms with Gasteiger partial charge in [-0.15, -0.1) is 11.3 Å². The van der Waals surface area contributed by atoms with E-state index in [0.717, 1.165) is 24.5 Å². The van der Waals surface area contributed by atoms with Gasteiger partial charge in [-0.1, -0.05) is 0 Å². The number of ether oxygens (including phenoxy) is 1. The number of nitrogens with one attached hydrogen (secondary N) is 1. The van der Waals surface area contributed by atoms with Crippen LogP contribution in [-0.2, 0) is 0 Å². The Morgan fingerprint density at radius 1 is 1.45 bits per heavy atom. The number of carbonyl (C=O) groups is 1. The van der Waals surface area contributed by atoms with Gasteiger partial charge >= 0.3 is 0 Å². The molecular formula is C15H22N2O2S. The van der Waals surface area contributed by atoms with Crippen LogP contribution in [0.2, 0.25) is 0 Å². The van der Waals surface area contributed by atoms with Crippen molar-refractivity contribution < 1.29 is 9.53 Å². The van der Waals surface area contributed by atoms with E-state index in [1.165, 1.54) is 37.0 Å². The molecule has 20 heavy (non-hydrogen) atoms. The van der Waals surface area contributed by atoms with Crippen molar-refractivity contribution >= 4 is 17.2 Å². The molecule has 5 heteroatoms. The monoisotopic (exact) mass is 294 g/mol. The van der Waals surface area contributed by atoms with Crippen molar-refractivity contribution in [3.8, 4) is 5.75 Å². The van der Waals surface area contributed by atoms with Crippen LogP contribution in [0.5, 0.6) is 5.75 Å². The van der Waals surface area contributed by atoms with E-state index in [4.69, 9.17) is 4.74 Å². The van der Waals surface area contributed by atoms with Crippen LogP contribution in [0.1, 0.15) is 35.4 Å². The molecular weight excluding hydrogens is 272 g/mol. The minimum Gasteiger partial charge on any atom is -0.495 e. The van der Waals surface area contributed by atoms with Gasteiger partial charge in [0.05, 0.1) is 7.11 Å². The smallest absolute Gasteiger partial charge is 0.267 e. The van der Waals surface area contributed by atoms with E-state index in [1.54, 1.807) is 7.11 Å². The Labute approximate surface area is 124 Å². The molecule has 2 fully saturated rings. The summed E-state index contributed by atoms with van der Waals surface area (Å²) in [4.78, 5) is 15.5. The Morgan fingerprint density at radius 3 is 2.95 bits per heavy atom. The summed E-state index contributed by atoms with van der Waals surface area (Å²) in [6.45, 7) is 2.81. The van der Waals surface area contributed by atoms with E-state index in [9.17, 15) is 4.79 Å². The largest absolute Gasteiger partial charge is 0.495 e. The molecule has 1 aliphatic carbocycles. The second kappa shape index (κ2) is 6.14. The molecule has 1 saturated carbocycles. The number of hydrogen-bond acceptors (Lipinski definition) is 4. The molecule has 1 atom stereocenters. The predicted octanol–water partition coefficient (Wildman–Crippen LogP) is 2.36. The molecule has 1 saturated heterocycles. The van der Waals surface area contributed by atoms with E-state index >= 15 is 0 Å². The predicted molar refractivity (Wildman–Crippen MR) is 80.5 cm³/mol. The standard InChI is InChI=1S/C15H22N2O2S/c1-19-13-6-8-20-14(13)15(18)17(9-11-4-5-11)10-12-3-2-7-16-12/h6,8,11-12,16H,2-5,7,9-10H2,1H3. The summed E-state index contributed by atoms with van der Waals surface area (Å²) in [6, 6.07) is 2.34. The van der Waals surface area contributed by atoms with Crippen molar-refractivity contribution in [1.82, 2.24) is 10.2 Å². The first-order valence-electron chi connectivity index (χ1n) is 7.42. The molecule has 1 aromatic heterocycles. The third kappa shape index (κ3) is 3.15. The van der Waals surface area contributed by atoms with E-state index in [1.807, 2.05) is 16.3 Å². The first-order chi connectivity index (χ1) is 9.78. The van der Waals surface area contributed by atoms with Crippen LogP contribution in [0.15, 0.2) is 11.4 Å². The maximum atomic E-state index is 12.8. The second-order valence-corrected chi connectivity index (χ2v) is 6.68. The number of carbonyl (C=O) groups excluding carboxylic acids is 1. The van der Waals surface area contributed by atoms with E-state index in [2.05, 4.69) is 5.32 Å². The highest BCUT2D eigenvalue weighted by Crippen LogP contribution is 2.32. The van der Waals surface area contributed by atoms with Crippen molar-refractivity contribution in [2.75, 3.05) is 26.7 Å². The van der Waals surface area contributed by atoms with Crippen LogP contribution in [0, 0.1) is 5.92 Å². The molecule has 1 aliphatic heterocycles. The van der Waals surface area contributed by atoms with Crippen LogP contribution in [0.3, 0.4) is 0 Å². The lowest BCUT2D eigenvalue weighted by Gasteiger charge is -2.25. The van der Waals surface area contributed by atoms with Gasteiger partial charge in [0.2, 0.25) is 0 Å². The normalized spacial score (nSPS) is 21.9. The van der Waals surface area contributed by atoms with Gasteiger partial charge in [-0.2, -0.15) is 0 Å². The number of nitrogens with zero attached hydrogens (tertiary/aromatic N) is 1. The molecule has 0 aromatic carbocycles. The fourth-order valence-corrected chi connectivity index (χ4v) is 3.61. The van der Waals surface area contributed by atoms with Crippen molar-refractivity contribution in [2.45, 2.75) is 31.7 Å². The van der Waals surface area contributed by atoms with Crippen LogP contribution < -0.4 is 10.1 Å². The topological polar surface area (TPSA) is 41.6 Å². The Kier molecular flexibility index (Phi) is 4.27. The number of amides is 1. The van der Waals surface area contributed by atoms with Gasteiger partial charge in [-0.25, -0.2) is 0 Å². The van der Waals surface area contributed by atoms with Crippen molar-refractivity contribution in [2.24, 2.45) is 5.92 Å². The molecule has 1 aromatic rings. The highest BCUT2D eigenvalue weighted by Gasteiger charge is 2.31. The Morgan fingerprint density at radius 2 is 2.30 bits per heavy atom. The molecule has 1 N–H and O–H groups in total. The maximum Gasteiger partial charge on any atom is 0.267 e. The Bertz CT molecular complexity index is 464. The lowest BCUT2D eigenvalue weighted by atomic mass is 10.2. The summed E-state index contributed by atoms with van der Waals surface area (Å²) in [5.74, 6) is 1.56. The highest BCUT2D eigenvalue weighted by molar-refractivity contribution is 7.12. The van der Waals surface area contributed by atoms with Gasteiger partial charge in [-0.05, 0) is 49.6 Å². The number of hydrogen-bond donors (Lipinski definition) is 1. The molecule has 1 amide bonds. The third-order valence-electron chi connectivity index (χ3n) is 4.11. The van der Waals surface area contributed by atoms with Gasteiger partial charge < -0.3 is 15.0 Å². The van der Waals surface area contributed by atoms with Crippen LogP contribution in [0.25, 0.3) is 0 Å². The van der Waals surface area contributed by atoms with Gasteiger partial charge in [0.25, 0.3) is 5.91 Å². The molecule has 3 rings (SSSR count). The summed E-state index contributed by atoms with van der Waals surface area (Å²) in [7, 11) is 1.63. The fraction of sp³-hybridized carbons (Fsp3) is 0.667. The lowest BCUT2D eigenvalue weighted by Crippen LogP contribution is -2.42. The third-order valence-corrected chi connectivity index (χ3v) is 4.99. The van der Waals surface area contributed by atoms with Crippen LogP contribution >= 0.6 is 11.3 Å². The van der Waals surface area contributed by atoms with Crippen LogP contribution in [0.4, 0.5) is 0 Å². The summed E-state index contributed by atoms with van der Waals surface area (Å²) in [5, 5.41) is 5.41. The van der Waals surface area contributed by atoms with Crippen molar-refractivity contribution in [3.05, 3.63) is 16.3 Å². The quantitative estimate of drug-likeness (QED) is 0.876. The van der Waals surface area contributed by atoms with E-state index in [0.29, 0.717) is 17.7 Å². The minimum absolute atomic E-state index is 0.137. The average molecular weight is 294 g/mol. The maximum absolute atomic E-state index is 12.8. The zero-order valence-corrected chi connectivity index (χ0v) is 12.7. The molecule has 1 unspecified atom stereocenters. The number of methoxy groups -OCH3 is 1. The fourth-order valence-electron chi connectivity index (χ4n) is 2.79. The molecule has 4 nitrogen and oxygen atoms in total. The molecule has 0 radical (unpaired) electrons. The van der Waals surface area contributed by atoms with E-state index < -0.39 is 0 Å². The van der Waals surface area contributed by atoms with E-state index in [-0.39, 0.29) is 5.91 Å². The lowest BCUT2D eigenvalue weighted by molar-refractivity contribution is 0.0735. The molecule has 2 aliphatic rings. The zero-order chi connectivity index (χ0) is 13.9. The number of thiophene rings is 1. The highest BCUT2D eigenvalue weighted by atomic mass is 32.1. The summed E-state index contributed by atoms with van der Waals surface area (Å²) in [5.41, 5.74) is 0. The zero-order valence-electron chi connectivity index (χ0n) is 11.9. The minimum atomic E-state index is 0.137. The van der Waals surface area contributed by atoms with Crippen molar-refractivity contribution in [3.63, 3.8) is 0 Å². The van der Waals surface area contributed by atoms with Gasteiger partial charge in [0, 0.05) is 19.1 Å².